The molecule has 0 aliphatic carbocycles. The van der Waals surface area contributed by atoms with E-state index in [9.17, 15) is 10.1 Å². The molecule has 104 valence electrons. The van der Waals surface area contributed by atoms with E-state index in [1.807, 2.05) is 18.2 Å². The normalized spacial score (nSPS) is 10.4. The monoisotopic (exact) mass is 270 g/mol. The number of aryl methyl sites for hydroxylation is 1. The number of non-ortho nitro benzene ring substituents is 1. The van der Waals surface area contributed by atoms with Crippen molar-refractivity contribution in [2.75, 3.05) is 0 Å². The first-order chi connectivity index (χ1) is 9.70. The molecule has 0 saturated heterocycles. The number of rotatable bonds is 6. The lowest BCUT2D eigenvalue weighted by molar-refractivity contribution is -0.384. The molecule has 2 aromatic carbocycles. The standard InChI is InChI=1S/C16H18N2O2/c1-2-14-7-3-4-8-15(14)12-17-11-13-6-5-9-16(10-13)18(19)20/h3-10,17H,2,11-12H2,1H3. The second-order valence-corrected chi connectivity index (χ2v) is 4.65. The third kappa shape index (κ3) is 3.65. The highest BCUT2D eigenvalue weighted by atomic mass is 16.6. The maximum Gasteiger partial charge on any atom is 0.269 e. The Morgan fingerprint density at radius 2 is 1.80 bits per heavy atom. The van der Waals surface area contributed by atoms with Crippen molar-refractivity contribution in [2.24, 2.45) is 0 Å². The van der Waals surface area contributed by atoms with Gasteiger partial charge in [-0.2, -0.15) is 0 Å². The maximum absolute atomic E-state index is 10.7. The lowest BCUT2D eigenvalue weighted by atomic mass is 10.1. The van der Waals surface area contributed by atoms with E-state index in [1.165, 1.54) is 17.2 Å². The molecule has 4 heteroatoms. The molecule has 0 fully saturated rings. The van der Waals surface area contributed by atoms with Crippen LogP contribution in [0.4, 0.5) is 5.69 Å². The largest absolute Gasteiger partial charge is 0.309 e. The summed E-state index contributed by atoms with van der Waals surface area (Å²) in [5.41, 5.74) is 3.67. The van der Waals surface area contributed by atoms with Crippen molar-refractivity contribution >= 4 is 5.69 Å². The first-order valence-electron chi connectivity index (χ1n) is 6.71. The topological polar surface area (TPSA) is 55.2 Å². The van der Waals surface area contributed by atoms with Crippen molar-refractivity contribution in [2.45, 2.75) is 26.4 Å². The molecule has 0 aliphatic heterocycles. The maximum atomic E-state index is 10.7. The molecular formula is C16H18N2O2. The number of hydrogen-bond donors (Lipinski definition) is 1. The molecule has 4 nitrogen and oxygen atoms in total. The van der Waals surface area contributed by atoms with Gasteiger partial charge < -0.3 is 5.32 Å². The molecule has 0 aliphatic rings. The molecule has 0 atom stereocenters. The van der Waals surface area contributed by atoms with Crippen LogP contribution in [0.5, 0.6) is 0 Å². The van der Waals surface area contributed by atoms with Gasteiger partial charge >= 0.3 is 0 Å². The van der Waals surface area contributed by atoms with E-state index in [4.69, 9.17) is 0 Å². The number of benzene rings is 2. The van der Waals surface area contributed by atoms with E-state index in [1.54, 1.807) is 12.1 Å². The van der Waals surface area contributed by atoms with Crippen LogP contribution in [0.15, 0.2) is 48.5 Å². The highest BCUT2D eigenvalue weighted by Gasteiger charge is 2.05. The molecule has 0 unspecified atom stereocenters. The number of nitrogens with zero attached hydrogens (tertiary/aromatic N) is 1. The minimum atomic E-state index is -0.365. The van der Waals surface area contributed by atoms with Crippen LogP contribution in [0, 0.1) is 10.1 Å². The van der Waals surface area contributed by atoms with Gasteiger partial charge in [-0.25, -0.2) is 0 Å². The van der Waals surface area contributed by atoms with Crippen LogP contribution < -0.4 is 5.32 Å². The van der Waals surface area contributed by atoms with Crippen LogP contribution in [0.2, 0.25) is 0 Å². The van der Waals surface area contributed by atoms with Crippen LogP contribution >= 0.6 is 0 Å². The molecule has 2 aromatic rings. The van der Waals surface area contributed by atoms with Gasteiger partial charge in [0, 0.05) is 25.2 Å². The lowest BCUT2D eigenvalue weighted by Gasteiger charge is -2.09. The molecule has 0 heterocycles. The first-order valence-corrected chi connectivity index (χ1v) is 6.71. The zero-order valence-corrected chi connectivity index (χ0v) is 11.5. The fourth-order valence-electron chi connectivity index (χ4n) is 2.20. The number of nitrogens with one attached hydrogen (secondary N) is 1. The molecule has 0 amide bonds. The fraction of sp³-hybridized carbons (Fsp3) is 0.250. The van der Waals surface area contributed by atoms with Gasteiger partial charge in [0.15, 0.2) is 0 Å². The number of nitro groups is 1. The van der Waals surface area contributed by atoms with E-state index in [2.05, 4.69) is 24.4 Å². The Morgan fingerprint density at radius 1 is 1.05 bits per heavy atom. The van der Waals surface area contributed by atoms with E-state index >= 15 is 0 Å². The van der Waals surface area contributed by atoms with Gasteiger partial charge in [-0.1, -0.05) is 43.3 Å². The van der Waals surface area contributed by atoms with Crippen molar-refractivity contribution in [1.82, 2.24) is 5.32 Å². The summed E-state index contributed by atoms with van der Waals surface area (Å²) in [7, 11) is 0. The predicted molar refractivity (Wildman–Crippen MR) is 79.5 cm³/mol. The minimum Gasteiger partial charge on any atom is -0.309 e. The summed E-state index contributed by atoms with van der Waals surface area (Å²) in [6, 6.07) is 15.0. The molecule has 2 rings (SSSR count). The number of nitro benzene ring substituents is 1. The first kappa shape index (κ1) is 14.2. The smallest absolute Gasteiger partial charge is 0.269 e. The predicted octanol–water partition coefficient (Wildman–Crippen LogP) is 3.45. The molecule has 0 spiro atoms. The highest BCUT2D eigenvalue weighted by molar-refractivity contribution is 5.34. The molecule has 0 aromatic heterocycles. The Bertz CT molecular complexity index is 597. The van der Waals surface area contributed by atoms with Crippen molar-refractivity contribution < 1.29 is 4.92 Å². The van der Waals surface area contributed by atoms with E-state index < -0.39 is 0 Å². The third-order valence-electron chi connectivity index (χ3n) is 3.27. The Labute approximate surface area is 118 Å². The molecular weight excluding hydrogens is 252 g/mol. The molecule has 20 heavy (non-hydrogen) atoms. The van der Waals surface area contributed by atoms with Crippen molar-refractivity contribution in [3.05, 3.63) is 75.3 Å². The van der Waals surface area contributed by atoms with Gasteiger partial charge in [0.05, 0.1) is 4.92 Å². The van der Waals surface area contributed by atoms with Crippen LogP contribution in [0.1, 0.15) is 23.6 Å². The Morgan fingerprint density at radius 3 is 2.50 bits per heavy atom. The SMILES string of the molecule is CCc1ccccc1CNCc1cccc([N+](=O)[O-])c1. The van der Waals surface area contributed by atoms with Crippen molar-refractivity contribution in [3.8, 4) is 0 Å². The average Bonchev–Trinajstić information content (AvgIpc) is 2.48. The number of hydrogen-bond acceptors (Lipinski definition) is 3. The van der Waals surface area contributed by atoms with Crippen LogP contribution in [0.3, 0.4) is 0 Å². The second kappa shape index (κ2) is 6.82. The molecule has 0 radical (unpaired) electrons. The lowest BCUT2D eigenvalue weighted by Crippen LogP contribution is -2.14. The van der Waals surface area contributed by atoms with E-state index in [0.717, 1.165) is 18.5 Å². The second-order valence-electron chi connectivity index (χ2n) is 4.65. The van der Waals surface area contributed by atoms with E-state index in [0.29, 0.717) is 6.54 Å². The quantitative estimate of drug-likeness (QED) is 0.646. The highest BCUT2D eigenvalue weighted by Crippen LogP contribution is 2.13. The average molecular weight is 270 g/mol. The van der Waals surface area contributed by atoms with Crippen molar-refractivity contribution in [1.29, 1.82) is 0 Å². The fourth-order valence-corrected chi connectivity index (χ4v) is 2.20. The summed E-state index contributed by atoms with van der Waals surface area (Å²) in [5.74, 6) is 0. The zero-order valence-electron chi connectivity index (χ0n) is 11.5. The Kier molecular flexibility index (Phi) is 4.85. The zero-order chi connectivity index (χ0) is 14.4. The van der Waals surface area contributed by atoms with Crippen LogP contribution in [-0.4, -0.2) is 4.92 Å². The summed E-state index contributed by atoms with van der Waals surface area (Å²) < 4.78 is 0. The van der Waals surface area contributed by atoms with Crippen LogP contribution in [0.25, 0.3) is 0 Å². The molecule has 1 N–H and O–H groups in total. The van der Waals surface area contributed by atoms with Crippen LogP contribution in [-0.2, 0) is 19.5 Å². The van der Waals surface area contributed by atoms with Gasteiger partial charge in [-0.05, 0) is 23.1 Å². The minimum absolute atomic E-state index is 0.137. The summed E-state index contributed by atoms with van der Waals surface area (Å²) in [4.78, 5) is 10.4. The summed E-state index contributed by atoms with van der Waals surface area (Å²) in [6.45, 7) is 3.53. The summed E-state index contributed by atoms with van der Waals surface area (Å²) in [5, 5.41) is 14.1. The Hall–Kier alpha value is -2.20. The van der Waals surface area contributed by atoms with Gasteiger partial charge in [0.25, 0.3) is 5.69 Å². The van der Waals surface area contributed by atoms with Crippen molar-refractivity contribution in [3.63, 3.8) is 0 Å². The molecule has 0 bridgehead atoms. The van der Waals surface area contributed by atoms with E-state index in [-0.39, 0.29) is 10.6 Å². The summed E-state index contributed by atoms with van der Waals surface area (Å²) >= 11 is 0. The van der Waals surface area contributed by atoms with Gasteiger partial charge in [-0.15, -0.1) is 0 Å². The Balaban J connectivity index is 1.96. The summed E-state index contributed by atoms with van der Waals surface area (Å²) in [6.07, 6.45) is 1.01. The van der Waals surface area contributed by atoms with Gasteiger partial charge in [0.1, 0.15) is 0 Å². The molecule has 0 saturated carbocycles. The van der Waals surface area contributed by atoms with Gasteiger partial charge in [-0.3, -0.25) is 10.1 Å². The van der Waals surface area contributed by atoms with Gasteiger partial charge in [0.2, 0.25) is 0 Å². The third-order valence-corrected chi connectivity index (χ3v) is 3.27.